The van der Waals surface area contributed by atoms with E-state index in [1.54, 1.807) is 6.92 Å². The van der Waals surface area contributed by atoms with E-state index in [2.05, 4.69) is 0 Å². The minimum Gasteiger partial charge on any atom is -0.477 e. The van der Waals surface area contributed by atoms with E-state index in [0.717, 1.165) is 15.8 Å². The first kappa shape index (κ1) is 12.5. The lowest BCUT2D eigenvalue weighted by atomic mass is 10.3. The van der Waals surface area contributed by atoms with Crippen LogP contribution < -0.4 is 0 Å². The van der Waals surface area contributed by atoms with Gasteiger partial charge in [-0.15, -0.1) is 11.3 Å². The molecule has 0 bridgehead atoms. The van der Waals surface area contributed by atoms with E-state index in [1.165, 1.54) is 6.07 Å². The molecular formula is C9H11NO5S2. The van der Waals surface area contributed by atoms with Crippen LogP contribution >= 0.6 is 11.3 Å². The number of carbonyl (C=O) groups is 1. The molecule has 6 nitrogen and oxygen atoms in total. The molecule has 0 aromatic carbocycles. The summed E-state index contributed by atoms with van der Waals surface area (Å²) in [5, 5.41) is 8.88. The average molecular weight is 277 g/mol. The van der Waals surface area contributed by atoms with Gasteiger partial charge in [0.2, 0.25) is 0 Å². The number of rotatable bonds is 3. The molecule has 1 N–H and O–H groups in total. The van der Waals surface area contributed by atoms with Crippen molar-refractivity contribution in [1.82, 2.24) is 4.47 Å². The molecule has 17 heavy (non-hydrogen) atoms. The van der Waals surface area contributed by atoms with Crippen molar-refractivity contribution < 1.29 is 23.2 Å². The molecule has 2 rings (SSSR count). The fourth-order valence-electron chi connectivity index (χ4n) is 1.51. The van der Waals surface area contributed by atoms with E-state index in [1.807, 2.05) is 0 Å². The SMILES string of the molecule is Cc1cc(S(=O)(=O)N2CCCO2)sc1C(=O)O. The predicted molar refractivity (Wildman–Crippen MR) is 60.5 cm³/mol. The van der Waals surface area contributed by atoms with Crippen molar-refractivity contribution in [3.05, 3.63) is 16.5 Å². The maximum absolute atomic E-state index is 12.0. The van der Waals surface area contributed by atoms with Crippen molar-refractivity contribution in [1.29, 1.82) is 0 Å². The Labute approximate surface area is 102 Å². The molecule has 0 aliphatic carbocycles. The summed E-state index contributed by atoms with van der Waals surface area (Å²) in [6.45, 7) is 2.25. The van der Waals surface area contributed by atoms with Crippen LogP contribution in [0.1, 0.15) is 21.7 Å². The molecule has 0 spiro atoms. The van der Waals surface area contributed by atoms with Gasteiger partial charge in [-0.05, 0) is 25.0 Å². The van der Waals surface area contributed by atoms with E-state index in [0.29, 0.717) is 25.1 Å². The van der Waals surface area contributed by atoms with Crippen LogP contribution in [0.3, 0.4) is 0 Å². The number of sulfonamides is 1. The molecule has 0 amide bonds. The summed E-state index contributed by atoms with van der Waals surface area (Å²) in [6.07, 6.45) is 0.648. The Hall–Kier alpha value is -0.960. The lowest BCUT2D eigenvalue weighted by molar-refractivity contribution is -0.0282. The molecule has 1 saturated heterocycles. The Bertz CT molecular complexity index is 542. The van der Waals surface area contributed by atoms with Gasteiger partial charge in [0.1, 0.15) is 9.09 Å². The highest BCUT2D eigenvalue weighted by atomic mass is 32.2. The van der Waals surface area contributed by atoms with Gasteiger partial charge in [-0.3, -0.25) is 4.84 Å². The standard InChI is InChI=1S/C9H11NO5S2/c1-6-5-7(16-8(6)9(11)12)17(13,14)10-3-2-4-15-10/h5H,2-4H2,1H3,(H,11,12). The Morgan fingerprint density at radius 3 is 2.76 bits per heavy atom. The normalized spacial score (nSPS) is 17.5. The van der Waals surface area contributed by atoms with E-state index < -0.39 is 16.0 Å². The molecule has 1 aromatic rings. The van der Waals surface area contributed by atoms with Crippen molar-refractivity contribution in [3.63, 3.8) is 0 Å². The van der Waals surface area contributed by atoms with E-state index in [9.17, 15) is 13.2 Å². The maximum Gasteiger partial charge on any atom is 0.346 e. The predicted octanol–water partition coefficient (Wildman–Crippen LogP) is 1.08. The summed E-state index contributed by atoms with van der Waals surface area (Å²) in [5.74, 6) is -1.11. The van der Waals surface area contributed by atoms with Crippen molar-refractivity contribution in [2.45, 2.75) is 17.6 Å². The first-order valence-corrected chi connectivity index (χ1v) is 7.18. The number of hydroxylamine groups is 1. The second kappa shape index (κ2) is 4.37. The Morgan fingerprint density at radius 1 is 1.59 bits per heavy atom. The molecule has 1 aliphatic rings. The van der Waals surface area contributed by atoms with Crippen LogP contribution in [0.15, 0.2) is 10.3 Å². The molecule has 1 fully saturated rings. The molecule has 8 heteroatoms. The second-order valence-corrected chi connectivity index (χ2v) is 6.71. The zero-order valence-corrected chi connectivity index (χ0v) is 10.7. The first-order chi connectivity index (χ1) is 7.93. The quantitative estimate of drug-likeness (QED) is 0.893. The first-order valence-electron chi connectivity index (χ1n) is 4.92. The van der Waals surface area contributed by atoms with Gasteiger partial charge in [0.15, 0.2) is 0 Å². The van der Waals surface area contributed by atoms with Gasteiger partial charge in [0.05, 0.1) is 6.61 Å². The molecule has 0 unspecified atom stereocenters. The smallest absolute Gasteiger partial charge is 0.346 e. The number of nitrogens with zero attached hydrogens (tertiary/aromatic N) is 1. The fraction of sp³-hybridized carbons (Fsp3) is 0.444. The summed E-state index contributed by atoms with van der Waals surface area (Å²) >= 11 is 0.752. The number of thiophene rings is 1. The molecule has 0 radical (unpaired) electrons. The topological polar surface area (TPSA) is 83.9 Å². The highest BCUT2D eigenvalue weighted by Crippen LogP contribution is 2.29. The number of aromatic carboxylic acids is 1. The lowest BCUT2D eigenvalue weighted by Gasteiger charge is -2.12. The summed E-state index contributed by atoms with van der Waals surface area (Å²) in [5.41, 5.74) is 0.445. The van der Waals surface area contributed by atoms with Gasteiger partial charge in [0, 0.05) is 6.54 Å². The minimum absolute atomic E-state index is 0.00861. The van der Waals surface area contributed by atoms with Crippen LogP contribution in [-0.4, -0.2) is 37.1 Å². The number of hydrogen-bond donors (Lipinski definition) is 1. The van der Waals surface area contributed by atoms with Gasteiger partial charge in [-0.25, -0.2) is 13.2 Å². The molecule has 1 aliphatic heterocycles. The van der Waals surface area contributed by atoms with E-state index in [-0.39, 0.29) is 9.09 Å². The van der Waals surface area contributed by atoms with E-state index in [4.69, 9.17) is 9.94 Å². The second-order valence-electron chi connectivity index (χ2n) is 3.60. The molecule has 94 valence electrons. The highest BCUT2D eigenvalue weighted by molar-refractivity contribution is 7.91. The van der Waals surface area contributed by atoms with Crippen molar-refractivity contribution >= 4 is 27.3 Å². The zero-order valence-electron chi connectivity index (χ0n) is 9.04. The summed E-state index contributed by atoms with van der Waals surface area (Å²) < 4.78 is 25.0. The number of hydrogen-bond acceptors (Lipinski definition) is 5. The molecule has 0 atom stereocenters. The van der Waals surface area contributed by atoms with Crippen molar-refractivity contribution in [2.75, 3.05) is 13.2 Å². The van der Waals surface area contributed by atoms with Crippen LogP contribution in [0.4, 0.5) is 0 Å². The van der Waals surface area contributed by atoms with Crippen LogP contribution in [0.5, 0.6) is 0 Å². The Balaban J connectivity index is 2.40. The van der Waals surface area contributed by atoms with E-state index >= 15 is 0 Å². The minimum atomic E-state index is -3.71. The van der Waals surface area contributed by atoms with Crippen LogP contribution in [0.2, 0.25) is 0 Å². The van der Waals surface area contributed by atoms with Crippen LogP contribution in [-0.2, 0) is 14.9 Å². The third-order valence-electron chi connectivity index (χ3n) is 2.33. The number of carboxylic acid groups (broad SMARTS) is 1. The van der Waals surface area contributed by atoms with Crippen molar-refractivity contribution in [2.24, 2.45) is 0 Å². The number of aryl methyl sites for hydroxylation is 1. The molecule has 0 saturated carbocycles. The van der Waals surface area contributed by atoms with Crippen molar-refractivity contribution in [3.8, 4) is 0 Å². The third kappa shape index (κ3) is 2.21. The largest absolute Gasteiger partial charge is 0.477 e. The van der Waals surface area contributed by atoms with Gasteiger partial charge >= 0.3 is 5.97 Å². The number of carboxylic acids is 1. The van der Waals surface area contributed by atoms with Gasteiger partial charge in [-0.2, -0.15) is 0 Å². The molecule has 1 aromatic heterocycles. The summed E-state index contributed by atoms with van der Waals surface area (Å²) in [6, 6.07) is 1.37. The molecule has 2 heterocycles. The van der Waals surface area contributed by atoms with Gasteiger partial charge in [0.25, 0.3) is 10.0 Å². The highest BCUT2D eigenvalue weighted by Gasteiger charge is 2.31. The van der Waals surface area contributed by atoms with Gasteiger partial charge < -0.3 is 5.11 Å². The maximum atomic E-state index is 12.0. The molecular weight excluding hydrogens is 266 g/mol. The average Bonchev–Trinajstić information content (AvgIpc) is 2.84. The zero-order chi connectivity index (χ0) is 12.6. The Morgan fingerprint density at radius 2 is 2.29 bits per heavy atom. The van der Waals surface area contributed by atoms with Gasteiger partial charge in [-0.1, -0.05) is 4.47 Å². The monoisotopic (exact) mass is 277 g/mol. The summed E-state index contributed by atoms with van der Waals surface area (Å²) in [4.78, 5) is 15.9. The Kier molecular flexibility index (Phi) is 3.21. The third-order valence-corrected chi connectivity index (χ3v) is 5.68. The fourth-order valence-corrected chi connectivity index (χ4v) is 4.28. The van der Waals surface area contributed by atoms with Crippen LogP contribution in [0, 0.1) is 6.92 Å². The van der Waals surface area contributed by atoms with Crippen LogP contribution in [0.25, 0.3) is 0 Å². The summed E-state index contributed by atoms with van der Waals surface area (Å²) in [7, 11) is -3.71. The lowest BCUT2D eigenvalue weighted by Crippen LogP contribution is -2.26.